The van der Waals surface area contributed by atoms with E-state index in [4.69, 9.17) is 4.52 Å². The van der Waals surface area contributed by atoms with Gasteiger partial charge in [0.2, 0.25) is 0 Å². The SMILES string of the molecule is CN=C(NCc1cc(C(C)C)no1)NCC1CCCCC1C.I. The summed E-state index contributed by atoms with van der Waals surface area (Å²) in [4.78, 5) is 4.29. The van der Waals surface area contributed by atoms with Crippen LogP contribution in [0.4, 0.5) is 0 Å². The largest absolute Gasteiger partial charge is 0.359 e. The van der Waals surface area contributed by atoms with Gasteiger partial charge < -0.3 is 15.2 Å². The minimum atomic E-state index is 0. The first-order chi connectivity index (χ1) is 10.6. The van der Waals surface area contributed by atoms with Gasteiger partial charge in [-0.1, -0.05) is 45.2 Å². The Bertz CT molecular complexity index is 487. The van der Waals surface area contributed by atoms with Crippen molar-refractivity contribution in [3.63, 3.8) is 0 Å². The Morgan fingerprint density at radius 3 is 2.70 bits per heavy atom. The molecule has 132 valence electrons. The maximum absolute atomic E-state index is 5.34. The fourth-order valence-corrected chi connectivity index (χ4v) is 3.00. The van der Waals surface area contributed by atoms with E-state index in [2.05, 4.69) is 41.6 Å². The van der Waals surface area contributed by atoms with Crippen molar-refractivity contribution in [2.24, 2.45) is 16.8 Å². The van der Waals surface area contributed by atoms with Gasteiger partial charge in [0.25, 0.3) is 0 Å². The highest BCUT2D eigenvalue weighted by Gasteiger charge is 2.21. The Kier molecular flexibility index (Phi) is 8.94. The van der Waals surface area contributed by atoms with Crippen LogP contribution in [-0.2, 0) is 6.54 Å². The van der Waals surface area contributed by atoms with E-state index in [-0.39, 0.29) is 24.0 Å². The van der Waals surface area contributed by atoms with Gasteiger partial charge in [0, 0.05) is 19.7 Å². The second kappa shape index (κ2) is 10.2. The van der Waals surface area contributed by atoms with Crippen LogP contribution in [0.5, 0.6) is 0 Å². The van der Waals surface area contributed by atoms with Crippen molar-refractivity contribution < 1.29 is 4.52 Å². The maximum atomic E-state index is 5.34. The van der Waals surface area contributed by atoms with Crippen LogP contribution in [0.2, 0.25) is 0 Å². The zero-order valence-electron chi connectivity index (χ0n) is 14.8. The van der Waals surface area contributed by atoms with Crippen LogP contribution >= 0.6 is 24.0 Å². The summed E-state index contributed by atoms with van der Waals surface area (Å²) in [7, 11) is 1.81. The standard InChI is InChI=1S/C17H30N4O.HI/c1-12(2)16-9-15(22-21-16)11-20-17(18-4)19-10-14-8-6-5-7-13(14)3;/h9,12-14H,5-8,10-11H2,1-4H3,(H2,18,19,20);1H. The third-order valence-corrected chi connectivity index (χ3v) is 4.64. The molecule has 0 amide bonds. The Hall–Kier alpha value is -0.790. The molecule has 0 aromatic carbocycles. The number of rotatable bonds is 5. The molecule has 5 nitrogen and oxygen atoms in total. The highest BCUT2D eigenvalue weighted by atomic mass is 127. The number of hydrogen-bond donors (Lipinski definition) is 2. The van der Waals surface area contributed by atoms with E-state index in [0.717, 1.165) is 35.8 Å². The van der Waals surface area contributed by atoms with Gasteiger partial charge in [0.1, 0.15) is 0 Å². The molecule has 0 radical (unpaired) electrons. The van der Waals surface area contributed by atoms with E-state index in [0.29, 0.717) is 12.5 Å². The molecule has 1 aromatic heterocycles. The monoisotopic (exact) mass is 434 g/mol. The molecular formula is C17H31IN4O. The fraction of sp³-hybridized carbons (Fsp3) is 0.765. The van der Waals surface area contributed by atoms with E-state index in [9.17, 15) is 0 Å². The predicted octanol–water partition coefficient (Wildman–Crippen LogP) is 3.91. The maximum Gasteiger partial charge on any atom is 0.191 e. The van der Waals surface area contributed by atoms with Crippen LogP contribution in [0, 0.1) is 11.8 Å². The van der Waals surface area contributed by atoms with Crippen molar-refractivity contribution in [1.29, 1.82) is 0 Å². The lowest BCUT2D eigenvalue weighted by molar-refractivity contribution is 0.256. The van der Waals surface area contributed by atoms with Gasteiger partial charge in [-0.2, -0.15) is 0 Å². The molecule has 0 bridgehead atoms. The molecular weight excluding hydrogens is 403 g/mol. The average molecular weight is 434 g/mol. The normalized spacial score (nSPS) is 21.9. The fourth-order valence-electron chi connectivity index (χ4n) is 3.00. The van der Waals surface area contributed by atoms with E-state index in [1.54, 1.807) is 7.05 Å². The minimum Gasteiger partial charge on any atom is -0.359 e. The molecule has 6 heteroatoms. The Morgan fingerprint density at radius 2 is 2.09 bits per heavy atom. The molecule has 1 aliphatic rings. The number of guanidine groups is 1. The van der Waals surface area contributed by atoms with Crippen LogP contribution < -0.4 is 10.6 Å². The first-order valence-electron chi connectivity index (χ1n) is 8.50. The van der Waals surface area contributed by atoms with E-state index < -0.39 is 0 Å². The number of halogens is 1. The Morgan fingerprint density at radius 1 is 1.35 bits per heavy atom. The topological polar surface area (TPSA) is 62.5 Å². The molecule has 2 unspecified atom stereocenters. The predicted molar refractivity (Wildman–Crippen MR) is 105 cm³/mol. The van der Waals surface area contributed by atoms with Gasteiger partial charge in [0.05, 0.1) is 12.2 Å². The summed E-state index contributed by atoms with van der Waals surface area (Å²) in [5.74, 6) is 3.63. The number of nitrogens with one attached hydrogen (secondary N) is 2. The lowest BCUT2D eigenvalue weighted by atomic mass is 9.80. The molecule has 0 spiro atoms. The number of nitrogens with zero attached hydrogens (tertiary/aromatic N) is 2. The van der Waals surface area contributed by atoms with E-state index >= 15 is 0 Å². The highest BCUT2D eigenvalue weighted by molar-refractivity contribution is 14.0. The molecule has 1 fully saturated rings. The molecule has 1 heterocycles. The zero-order chi connectivity index (χ0) is 15.9. The number of aliphatic imine (C=N–C) groups is 1. The van der Waals surface area contributed by atoms with Gasteiger partial charge in [-0.15, -0.1) is 24.0 Å². The summed E-state index contributed by atoms with van der Waals surface area (Å²) in [6.45, 7) is 8.19. The van der Waals surface area contributed by atoms with Gasteiger partial charge in [-0.25, -0.2) is 0 Å². The van der Waals surface area contributed by atoms with Crippen molar-refractivity contribution in [3.8, 4) is 0 Å². The third kappa shape index (κ3) is 6.31. The first-order valence-corrected chi connectivity index (χ1v) is 8.50. The van der Waals surface area contributed by atoms with Crippen molar-refractivity contribution in [3.05, 3.63) is 17.5 Å². The molecule has 2 rings (SSSR count). The lowest BCUT2D eigenvalue weighted by Crippen LogP contribution is -2.41. The Labute approximate surface area is 157 Å². The molecule has 1 saturated carbocycles. The highest BCUT2D eigenvalue weighted by Crippen LogP contribution is 2.28. The zero-order valence-corrected chi connectivity index (χ0v) is 17.1. The summed E-state index contributed by atoms with van der Waals surface area (Å²) in [5.41, 5.74) is 0.996. The van der Waals surface area contributed by atoms with Gasteiger partial charge in [-0.05, 0) is 24.2 Å². The van der Waals surface area contributed by atoms with Gasteiger partial charge in [0.15, 0.2) is 11.7 Å². The van der Waals surface area contributed by atoms with Gasteiger partial charge in [-0.3, -0.25) is 4.99 Å². The average Bonchev–Trinajstić information content (AvgIpc) is 2.98. The molecule has 2 N–H and O–H groups in total. The molecule has 23 heavy (non-hydrogen) atoms. The van der Waals surface area contributed by atoms with Crippen molar-refractivity contribution in [1.82, 2.24) is 15.8 Å². The summed E-state index contributed by atoms with van der Waals surface area (Å²) in [6.07, 6.45) is 5.42. The molecule has 0 aliphatic heterocycles. The van der Waals surface area contributed by atoms with Crippen LogP contribution in [0.1, 0.15) is 63.8 Å². The molecule has 2 atom stereocenters. The van der Waals surface area contributed by atoms with Crippen molar-refractivity contribution in [2.75, 3.05) is 13.6 Å². The van der Waals surface area contributed by atoms with Crippen LogP contribution in [0.25, 0.3) is 0 Å². The second-order valence-corrected chi connectivity index (χ2v) is 6.70. The molecule has 1 aromatic rings. The van der Waals surface area contributed by atoms with Crippen LogP contribution in [-0.4, -0.2) is 24.7 Å². The van der Waals surface area contributed by atoms with E-state index in [1.807, 2.05) is 6.07 Å². The Balaban J connectivity index is 0.00000264. The van der Waals surface area contributed by atoms with Crippen molar-refractivity contribution >= 4 is 29.9 Å². The summed E-state index contributed by atoms with van der Waals surface area (Å²) >= 11 is 0. The quantitative estimate of drug-likeness (QED) is 0.419. The molecule has 1 aliphatic carbocycles. The van der Waals surface area contributed by atoms with Gasteiger partial charge >= 0.3 is 0 Å². The van der Waals surface area contributed by atoms with Crippen molar-refractivity contribution in [2.45, 2.75) is 58.9 Å². The first kappa shape index (κ1) is 20.3. The number of aromatic nitrogens is 1. The summed E-state index contributed by atoms with van der Waals surface area (Å²) in [5, 5.41) is 10.8. The lowest BCUT2D eigenvalue weighted by Gasteiger charge is -2.29. The van der Waals surface area contributed by atoms with Crippen LogP contribution in [0.15, 0.2) is 15.6 Å². The second-order valence-electron chi connectivity index (χ2n) is 6.70. The third-order valence-electron chi connectivity index (χ3n) is 4.64. The molecule has 0 saturated heterocycles. The smallest absolute Gasteiger partial charge is 0.191 e. The number of hydrogen-bond acceptors (Lipinski definition) is 3. The summed E-state index contributed by atoms with van der Waals surface area (Å²) < 4.78 is 5.34. The summed E-state index contributed by atoms with van der Waals surface area (Å²) in [6, 6.07) is 2.01. The minimum absolute atomic E-state index is 0. The van der Waals surface area contributed by atoms with Crippen LogP contribution in [0.3, 0.4) is 0 Å². The van der Waals surface area contributed by atoms with E-state index in [1.165, 1.54) is 25.7 Å².